The van der Waals surface area contributed by atoms with E-state index >= 15 is 0 Å². The highest BCUT2D eigenvalue weighted by atomic mass is 79.9. The van der Waals surface area contributed by atoms with Gasteiger partial charge in [0.15, 0.2) is 0 Å². The number of carbonyl (C=O) groups is 1. The molecular weight excluding hydrogens is 290 g/mol. The van der Waals surface area contributed by atoms with E-state index in [1.807, 2.05) is 30.0 Å². The first kappa shape index (κ1) is 15.2. The van der Waals surface area contributed by atoms with E-state index in [9.17, 15) is 4.79 Å². The molecule has 18 heavy (non-hydrogen) atoms. The van der Waals surface area contributed by atoms with E-state index in [1.165, 1.54) is 0 Å². The summed E-state index contributed by atoms with van der Waals surface area (Å²) >= 11 is 3.45. The lowest BCUT2D eigenvalue weighted by Crippen LogP contribution is -2.39. The summed E-state index contributed by atoms with van der Waals surface area (Å²) in [4.78, 5) is 14.5. The van der Waals surface area contributed by atoms with E-state index in [2.05, 4.69) is 43.6 Å². The Balaban J connectivity index is 3.01. The summed E-state index contributed by atoms with van der Waals surface area (Å²) in [5, 5.41) is 0. The summed E-state index contributed by atoms with van der Waals surface area (Å²) in [6.45, 7) is 11.2. The van der Waals surface area contributed by atoms with Gasteiger partial charge in [-0.15, -0.1) is 0 Å². The number of carbonyl (C=O) groups excluding carboxylic acids is 1. The van der Waals surface area contributed by atoms with Crippen LogP contribution in [0.5, 0.6) is 0 Å². The number of hydrogen-bond donors (Lipinski definition) is 0. The Morgan fingerprint density at radius 3 is 2.28 bits per heavy atom. The first-order chi connectivity index (χ1) is 8.31. The lowest BCUT2D eigenvalue weighted by molar-refractivity contribution is 0.0682. The number of halogens is 1. The summed E-state index contributed by atoms with van der Waals surface area (Å²) in [7, 11) is 0. The third-order valence-electron chi connectivity index (χ3n) is 2.74. The van der Waals surface area contributed by atoms with Crippen LogP contribution in [0.15, 0.2) is 22.7 Å². The molecule has 0 spiro atoms. The van der Waals surface area contributed by atoms with Crippen LogP contribution in [0, 0.1) is 12.8 Å². The fourth-order valence-corrected chi connectivity index (χ4v) is 2.55. The van der Waals surface area contributed by atoms with E-state index in [0.717, 1.165) is 22.1 Å². The normalized spacial score (nSPS) is 11.1. The molecule has 2 nitrogen and oxygen atoms in total. The fraction of sp³-hybridized carbons (Fsp3) is 0.533. The average molecular weight is 312 g/mol. The van der Waals surface area contributed by atoms with Crippen LogP contribution in [0.4, 0.5) is 0 Å². The van der Waals surface area contributed by atoms with E-state index in [1.54, 1.807) is 0 Å². The third kappa shape index (κ3) is 4.13. The Morgan fingerprint density at radius 2 is 1.83 bits per heavy atom. The van der Waals surface area contributed by atoms with Gasteiger partial charge in [-0.2, -0.15) is 0 Å². The lowest BCUT2D eigenvalue weighted by Gasteiger charge is -2.28. The smallest absolute Gasteiger partial charge is 0.254 e. The van der Waals surface area contributed by atoms with Crippen LogP contribution in [0.3, 0.4) is 0 Å². The Labute approximate surface area is 119 Å². The molecular formula is C15H22BrNO. The third-order valence-corrected chi connectivity index (χ3v) is 3.19. The molecule has 1 rings (SSSR count). The summed E-state index contributed by atoms with van der Waals surface area (Å²) < 4.78 is 0.958. The number of nitrogens with zero attached hydrogens (tertiary/aromatic N) is 1. The van der Waals surface area contributed by atoms with Crippen molar-refractivity contribution in [3.05, 3.63) is 33.8 Å². The topological polar surface area (TPSA) is 20.3 Å². The summed E-state index contributed by atoms with van der Waals surface area (Å²) in [5.41, 5.74) is 1.86. The molecule has 0 N–H and O–H groups in total. The summed E-state index contributed by atoms with van der Waals surface area (Å²) in [6, 6.07) is 6.08. The maximum atomic E-state index is 12.5. The molecule has 1 aromatic rings. The summed E-state index contributed by atoms with van der Waals surface area (Å²) in [5.74, 6) is 0.590. The highest BCUT2D eigenvalue weighted by Gasteiger charge is 2.20. The molecule has 0 saturated heterocycles. The van der Waals surface area contributed by atoms with E-state index in [-0.39, 0.29) is 11.9 Å². The highest BCUT2D eigenvalue weighted by molar-refractivity contribution is 9.10. The second-order valence-corrected chi connectivity index (χ2v) is 6.38. The van der Waals surface area contributed by atoms with Gasteiger partial charge in [0.25, 0.3) is 5.91 Å². The Bertz CT molecular complexity index is 406. The molecule has 0 aromatic heterocycles. The number of hydrogen-bond acceptors (Lipinski definition) is 1. The van der Waals surface area contributed by atoms with Crippen molar-refractivity contribution in [1.82, 2.24) is 4.90 Å². The van der Waals surface area contributed by atoms with Crippen molar-refractivity contribution in [3.8, 4) is 0 Å². The first-order valence-corrected chi connectivity index (χ1v) is 7.18. The molecule has 0 fully saturated rings. The van der Waals surface area contributed by atoms with Crippen LogP contribution >= 0.6 is 15.9 Å². The SMILES string of the molecule is Cc1cc(Br)cc(C(=O)N(CC(C)C)C(C)C)c1. The monoisotopic (exact) mass is 311 g/mol. The Hall–Kier alpha value is -0.830. The Morgan fingerprint density at radius 1 is 1.22 bits per heavy atom. The largest absolute Gasteiger partial charge is 0.336 e. The number of amides is 1. The molecule has 0 aliphatic carbocycles. The van der Waals surface area contributed by atoms with Crippen molar-refractivity contribution in [3.63, 3.8) is 0 Å². The van der Waals surface area contributed by atoms with Gasteiger partial charge in [0.2, 0.25) is 0 Å². The number of aryl methyl sites for hydroxylation is 1. The van der Waals surface area contributed by atoms with Gasteiger partial charge < -0.3 is 4.90 Å². The molecule has 0 bridgehead atoms. The zero-order chi connectivity index (χ0) is 13.9. The van der Waals surface area contributed by atoms with Crippen molar-refractivity contribution in [1.29, 1.82) is 0 Å². The molecule has 0 unspecified atom stereocenters. The van der Waals surface area contributed by atoms with Gasteiger partial charge in [0.05, 0.1) is 0 Å². The predicted octanol–water partition coefficient (Wildman–Crippen LogP) is 4.26. The maximum absolute atomic E-state index is 12.5. The van der Waals surface area contributed by atoms with Gasteiger partial charge in [-0.25, -0.2) is 0 Å². The quantitative estimate of drug-likeness (QED) is 0.813. The number of rotatable bonds is 4. The number of benzene rings is 1. The zero-order valence-corrected chi connectivity index (χ0v) is 13.4. The van der Waals surface area contributed by atoms with Crippen LogP contribution in [0.2, 0.25) is 0 Å². The van der Waals surface area contributed by atoms with Crippen molar-refractivity contribution < 1.29 is 4.79 Å². The Kier molecular flexibility index (Phi) is 5.39. The highest BCUT2D eigenvalue weighted by Crippen LogP contribution is 2.18. The predicted molar refractivity (Wildman–Crippen MR) is 79.9 cm³/mol. The molecule has 1 amide bonds. The van der Waals surface area contributed by atoms with Gasteiger partial charge in [-0.1, -0.05) is 29.8 Å². The second kappa shape index (κ2) is 6.37. The van der Waals surface area contributed by atoms with Gasteiger partial charge >= 0.3 is 0 Å². The minimum absolute atomic E-state index is 0.114. The van der Waals surface area contributed by atoms with Crippen molar-refractivity contribution in [2.75, 3.05) is 6.54 Å². The van der Waals surface area contributed by atoms with Gasteiger partial charge in [0.1, 0.15) is 0 Å². The molecule has 0 aliphatic heterocycles. The van der Waals surface area contributed by atoms with Crippen molar-refractivity contribution in [2.24, 2.45) is 5.92 Å². The van der Waals surface area contributed by atoms with E-state index < -0.39 is 0 Å². The molecule has 0 radical (unpaired) electrons. The van der Waals surface area contributed by atoms with Gasteiger partial charge in [-0.05, 0) is 50.5 Å². The van der Waals surface area contributed by atoms with Crippen LogP contribution in [-0.2, 0) is 0 Å². The first-order valence-electron chi connectivity index (χ1n) is 6.39. The molecule has 3 heteroatoms. The van der Waals surface area contributed by atoms with E-state index in [0.29, 0.717) is 5.92 Å². The van der Waals surface area contributed by atoms with Crippen LogP contribution in [0.1, 0.15) is 43.6 Å². The van der Waals surface area contributed by atoms with Crippen LogP contribution < -0.4 is 0 Å². The molecule has 1 aromatic carbocycles. The van der Waals surface area contributed by atoms with Gasteiger partial charge in [-0.3, -0.25) is 4.79 Å². The maximum Gasteiger partial charge on any atom is 0.254 e. The van der Waals surface area contributed by atoms with Crippen LogP contribution in [-0.4, -0.2) is 23.4 Å². The average Bonchev–Trinajstić information content (AvgIpc) is 2.23. The molecule has 100 valence electrons. The zero-order valence-electron chi connectivity index (χ0n) is 11.8. The molecule has 0 atom stereocenters. The molecule has 0 aliphatic rings. The van der Waals surface area contributed by atoms with E-state index in [4.69, 9.17) is 0 Å². The molecule has 0 saturated carbocycles. The lowest BCUT2D eigenvalue weighted by atomic mass is 10.1. The standard InChI is InChI=1S/C15H22BrNO/c1-10(2)9-17(11(3)4)15(18)13-6-12(5)7-14(16)8-13/h6-8,10-11H,9H2,1-5H3. The minimum atomic E-state index is 0.114. The van der Waals surface area contributed by atoms with Gasteiger partial charge in [0, 0.05) is 22.6 Å². The fourth-order valence-electron chi connectivity index (χ4n) is 1.95. The minimum Gasteiger partial charge on any atom is -0.336 e. The second-order valence-electron chi connectivity index (χ2n) is 5.46. The van der Waals surface area contributed by atoms with Crippen LogP contribution in [0.25, 0.3) is 0 Å². The van der Waals surface area contributed by atoms with Crippen molar-refractivity contribution in [2.45, 2.75) is 40.7 Å². The van der Waals surface area contributed by atoms with Crippen molar-refractivity contribution >= 4 is 21.8 Å². The summed E-state index contributed by atoms with van der Waals surface area (Å²) in [6.07, 6.45) is 0. The molecule has 0 heterocycles.